The van der Waals surface area contributed by atoms with Crippen molar-refractivity contribution in [3.05, 3.63) is 71.8 Å². The van der Waals surface area contributed by atoms with E-state index in [2.05, 4.69) is 5.32 Å². The summed E-state index contributed by atoms with van der Waals surface area (Å²) < 4.78 is 5.90. The summed E-state index contributed by atoms with van der Waals surface area (Å²) in [5.41, 5.74) is 1.93. The number of benzene rings is 2. The van der Waals surface area contributed by atoms with E-state index in [4.69, 9.17) is 4.74 Å². The number of nitrogens with one attached hydrogen (secondary N) is 1. The van der Waals surface area contributed by atoms with Gasteiger partial charge < -0.3 is 15.2 Å². The van der Waals surface area contributed by atoms with Crippen molar-refractivity contribution in [3.63, 3.8) is 0 Å². The third-order valence-electron chi connectivity index (χ3n) is 4.49. The molecule has 2 aromatic rings. The van der Waals surface area contributed by atoms with E-state index < -0.39 is 6.04 Å². The minimum Gasteiger partial charge on any atom is -0.394 e. The zero-order valence-electron chi connectivity index (χ0n) is 13.6. The van der Waals surface area contributed by atoms with Crippen molar-refractivity contribution in [2.45, 2.75) is 25.0 Å². The number of hydrogen-bond donors (Lipinski definition) is 2. The molecule has 3 rings (SSSR count). The zero-order chi connectivity index (χ0) is 16.8. The molecule has 1 saturated heterocycles. The van der Waals surface area contributed by atoms with Gasteiger partial charge in [-0.1, -0.05) is 60.7 Å². The van der Waals surface area contributed by atoms with Crippen LogP contribution in [0.1, 0.15) is 36.1 Å². The van der Waals surface area contributed by atoms with Crippen LogP contribution in [0.4, 0.5) is 0 Å². The van der Waals surface area contributed by atoms with E-state index in [1.165, 1.54) is 0 Å². The normalized spacial score (nSPS) is 21.9. The predicted octanol–water partition coefficient (Wildman–Crippen LogP) is 3.00. The van der Waals surface area contributed by atoms with E-state index in [-0.39, 0.29) is 24.5 Å². The molecule has 2 aromatic carbocycles. The molecule has 1 amide bonds. The molecule has 0 aromatic heterocycles. The first kappa shape index (κ1) is 16.7. The number of aliphatic hydroxyl groups is 1. The first-order chi connectivity index (χ1) is 11.8. The molecule has 2 N–H and O–H groups in total. The second-order valence-corrected chi connectivity index (χ2v) is 6.11. The number of amides is 1. The Morgan fingerprint density at radius 1 is 1.12 bits per heavy atom. The molecule has 1 aliphatic heterocycles. The molecule has 0 radical (unpaired) electrons. The number of carbonyl (C=O) groups is 1. The molecule has 1 fully saturated rings. The second kappa shape index (κ2) is 8.08. The van der Waals surface area contributed by atoms with Crippen molar-refractivity contribution in [1.82, 2.24) is 5.32 Å². The molecule has 1 heterocycles. The lowest BCUT2D eigenvalue weighted by molar-refractivity contribution is -0.135. The minimum atomic E-state index is -0.392. The van der Waals surface area contributed by atoms with Crippen molar-refractivity contribution in [2.24, 2.45) is 5.92 Å². The van der Waals surface area contributed by atoms with Crippen LogP contribution in [-0.4, -0.2) is 24.2 Å². The van der Waals surface area contributed by atoms with Crippen LogP contribution in [0.15, 0.2) is 60.7 Å². The van der Waals surface area contributed by atoms with Gasteiger partial charge in [-0.3, -0.25) is 4.79 Å². The molecule has 4 nitrogen and oxygen atoms in total. The minimum absolute atomic E-state index is 0.0635. The van der Waals surface area contributed by atoms with Gasteiger partial charge in [0.05, 0.1) is 24.7 Å². The van der Waals surface area contributed by atoms with Crippen molar-refractivity contribution < 1.29 is 14.6 Å². The molecular weight excluding hydrogens is 302 g/mol. The van der Waals surface area contributed by atoms with Gasteiger partial charge in [0.25, 0.3) is 0 Å². The lowest BCUT2D eigenvalue weighted by Crippen LogP contribution is -2.40. The first-order valence-corrected chi connectivity index (χ1v) is 8.42. The van der Waals surface area contributed by atoms with Gasteiger partial charge in [0.1, 0.15) is 0 Å². The topological polar surface area (TPSA) is 58.6 Å². The maximum absolute atomic E-state index is 12.8. The highest BCUT2D eigenvalue weighted by molar-refractivity contribution is 5.80. The fraction of sp³-hybridized carbons (Fsp3) is 0.350. The van der Waals surface area contributed by atoms with Gasteiger partial charge in [-0.05, 0) is 24.0 Å². The Labute approximate surface area is 142 Å². The Balaban J connectivity index is 1.74. The molecule has 4 heteroatoms. The quantitative estimate of drug-likeness (QED) is 0.888. The standard InChI is InChI=1S/C20H23NO3/c22-14-18(15-8-3-1-4-9-15)21-20(23)17-12-7-13-24-19(17)16-10-5-2-6-11-16/h1-6,8-11,17-19,22H,7,12-14H2,(H,21,23)/t17?,18-,19?/m1/s1. The van der Waals surface area contributed by atoms with Gasteiger partial charge in [-0.2, -0.15) is 0 Å². The second-order valence-electron chi connectivity index (χ2n) is 6.11. The Bertz CT molecular complexity index is 644. The SMILES string of the molecule is O=C(N[C@H](CO)c1ccccc1)C1CCCOC1c1ccccc1. The Morgan fingerprint density at radius 3 is 2.46 bits per heavy atom. The van der Waals surface area contributed by atoms with E-state index in [0.717, 1.165) is 24.0 Å². The first-order valence-electron chi connectivity index (χ1n) is 8.42. The van der Waals surface area contributed by atoms with Crippen LogP contribution >= 0.6 is 0 Å². The predicted molar refractivity (Wildman–Crippen MR) is 92.3 cm³/mol. The van der Waals surface area contributed by atoms with Crippen LogP contribution in [0.2, 0.25) is 0 Å². The van der Waals surface area contributed by atoms with Crippen LogP contribution in [0.3, 0.4) is 0 Å². The fourth-order valence-electron chi connectivity index (χ4n) is 3.22. The molecule has 0 bridgehead atoms. The fourth-order valence-corrected chi connectivity index (χ4v) is 3.22. The summed E-state index contributed by atoms with van der Waals surface area (Å²) in [6.45, 7) is 0.546. The number of hydrogen-bond acceptors (Lipinski definition) is 3. The van der Waals surface area contributed by atoms with Crippen LogP contribution < -0.4 is 5.32 Å². The van der Waals surface area contributed by atoms with E-state index >= 15 is 0 Å². The van der Waals surface area contributed by atoms with E-state index in [1.807, 2.05) is 60.7 Å². The number of carbonyl (C=O) groups excluding carboxylic acids is 1. The third kappa shape index (κ3) is 3.83. The summed E-state index contributed by atoms with van der Waals surface area (Å²) in [6.07, 6.45) is 1.43. The van der Waals surface area contributed by atoms with Gasteiger partial charge in [0.2, 0.25) is 5.91 Å². The maximum Gasteiger partial charge on any atom is 0.226 e. The summed E-state index contributed by atoms with van der Waals surface area (Å²) >= 11 is 0. The smallest absolute Gasteiger partial charge is 0.226 e. The van der Waals surface area contributed by atoms with Crippen molar-refractivity contribution >= 4 is 5.91 Å². The van der Waals surface area contributed by atoms with Crippen molar-refractivity contribution in [1.29, 1.82) is 0 Å². The summed E-state index contributed by atoms with van der Waals surface area (Å²) in [4.78, 5) is 12.8. The molecular formula is C20H23NO3. The van der Waals surface area contributed by atoms with Crippen LogP contribution in [-0.2, 0) is 9.53 Å². The molecule has 1 aliphatic rings. The largest absolute Gasteiger partial charge is 0.394 e. The van der Waals surface area contributed by atoms with Gasteiger partial charge in [-0.25, -0.2) is 0 Å². The molecule has 126 valence electrons. The van der Waals surface area contributed by atoms with Crippen LogP contribution in [0.5, 0.6) is 0 Å². The average molecular weight is 325 g/mol. The monoisotopic (exact) mass is 325 g/mol. The van der Waals surface area contributed by atoms with E-state index in [0.29, 0.717) is 6.61 Å². The highest BCUT2D eigenvalue weighted by Crippen LogP contribution is 2.34. The molecule has 0 saturated carbocycles. The van der Waals surface area contributed by atoms with Gasteiger partial charge >= 0.3 is 0 Å². The Kier molecular flexibility index (Phi) is 5.62. The van der Waals surface area contributed by atoms with Gasteiger partial charge in [-0.15, -0.1) is 0 Å². The highest BCUT2D eigenvalue weighted by Gasteiger charge is 2.33. The number of aliphatic hydroxyl groups excluding tert-OH is 1. The van der Waals surface area contributed by atoms with E-state index in [1.54, 1.807) is 0 Å². The van der Waals surface area contributed by atoms with Crippen LogP contribution in [0, 0.1) is 5.92 Å². The molecule has 24 heavy (non-hydrogen) atoms. The number of rotatable bonds is 5. The number of ether oxygens (including phenoxy) is 1. The third-order valence-corrected chi connectivity index (χ3v) is 4.49. The van der Waals surface area contributed by atoms with Gasteiger partial charge in [0, 0.05) is 6.61 Å². The Hall–Kier alpha value is -2.17. The maximum atomic E-state index is 12.8. The molecule has 3 atom stereocenters. The summed E-state index contributed by atoms with van der Waals surface area (Å²) in [5, 5.41) is 12.6. The summed E-state index contributed by atoms with van der Waals surface area (Å²) in [7, 11) is 0. The summed E-state index contributed by atoms with van der Waals surface area (Å²) in [6, 6.07) is 19.0. The molecule has 0 spiro atoms. The lowest BCUT2D eigenvalue weighted by Gasteiger charge is -2.32. The molecule has 2 unspecified atom stereocenters. The van der Waals surface area contributed by atoms with Gasteiger partial charge in [0.15, 0.2) is 0 Å². The highest BCUT2D eigenvalue weighted by atomic mass is 16.5. The van der Waals surface area contributed by atoms with E-state index in [9.17, 15) is 9.90 Å². The molecule has 0 aliphatic carbocycles. The van der Waals surface area contributed by atoms with Crippen LogP contribution in [0.25, 0.3) is 0 Å². The van der Waals surface area contributed by atoms with Crippen molar-refractivity contribution in [2.75, 3.05) is 13.2 Å². The lowest BCUT2D eigenvalue weighted by atomic mass is 9.88. The average Bonchev–Trinajstić information content (AvgIpc) is 2.67. The summed E-state index contributed by atoms with van der Waals surface area (Å²) in [5.74, 6) is -0.301. The Morgan fingerprint density at radius 2 is 1.79 bits per heavy atom. The van der Waals surface area contributed by atoms with Crippen molar-refractivity contribution in [3.8, 4) is 0 Å². The zero-order valence-corrected chi connectivity index (χ0v) is 13.6.